The maximum Gasteiger partial charge on any atom is 0.124 e. The minimum absolute atomic E-state index is 0.378. The zero-order valence-electron chi connectivity index (χ0n) is 10.2. The summed E-state index contributed by atoms with van der Waals surface area (Å²) in [4.78, 5) is 0. The van der Waals surface area contributed by atoms with Crippen molar-refractivity contribution in [1.82, 2.24) is 5.32 Å². The lowest BCUT2D eigenvalue weighted by Crippen LogP contribution is -2.21. The third kappa shape index (κ3) is 3.49. The van der Waals surface area contributed by atoms with Crippen molar-refractivity contribution in [3.63, 3.8) is 0 Å². The molecule has 0 aromatic heterocycles. The molecule has 2 nitrogen and oxygen atoms in total. The fourth-order valence-corrected chi connectivity index (χ4v) is 2.11. The van der Waals surface area contributed by atoms with Gasteiger partial charge in [-0.1, -0.05) is 35.8 Å². The third-order valence-corrected chi connectivity index (χ3v) is 3.11. The SMILES string of the molecule is CCCNC(CC)c1ccc(Br)cc1OC. The Labute approximate surface area is 107 Å². The van der Waals surface area contributed by atoms with Crippen molar-refractivity contribution in [2.75, 3.05) is 13.7 Å². The molecule has 0 heterocycles. The van der Waals surface area contributed by atoms with Crippen molar-refractivity contribution in [3.8, 4) is 5.75 Å². The first-order valence-electron chi connectivity index (χ1n) is 5.79. The van der Waals surface area contributed by atoms with Crippen LogP contribution in [0.2, 0.25) is 0 Å². The highest BCUT2D eigenvalue weighted by Gasteiger charge is 2.13. The first-order chi connectivity index (χ1) is 7.72. The van der Waals surface area contributed by atoms with E-state index in [0.717, 1.165) is 29.6 Å². The Kier molecular flexibility index (Phi) is 5.85. The molecule has 0 aliphatic rings. The van der Waals surface area contributed by atoms with Gasteiger partial charge in [0.05, 0.1) is 7.11 Å². The van der Waals surface area contributed by atoms with Crippen molar-refractivity contribution in [1.29, 1.82) is 0 Å². The van der Waals surface area contributed by atoms with E-state index in [0.29, 0.717) is 6.04 Å². The molecule has 16 heavy (non-hydrogen) atoms. The van der Waals surface area contributed by atoms with Crippen molar-refractivity contribution in [2.24, 2.45) is 0 Å². The third-order valence-electron chi connectivity index (χ3n) is 2.62. The highest BCUT2D eigenvalue weighted by molar-refractivity contribution is 9.10. The molecule has 0 aliphatic heterocycles. The van der Waals surface area contributed by atoms with Gasteiger partial charge in [0.25, 0.3) is 0 Å². The second kappa shape index (κ2) is 6.92. The number of hydrogen-bond acceptors (Lipinski definition) is 2. The maximum absolute atomic E-state index is 5.42. The number of rotatable bonds is 6. The first-order valence-corrected chi connectivity index (χ1v) is 6.59. The van der Waals surface area contributed by atoms with Gasteiger partial charge in [-0.25, -0.2) is 0 Å². The van der Waals surface area contributed by atoms with E-state index < -0.39 is 0 Å². The Hall–Kier alpha value is -0.540. The van der Waals surface area contributed by atoms with Gasteiger partial charge in [-0.15, -0.1) is 0 Å². The van der Waals surface area contributed by atoms with Crippen LogP contribution in [-0.2, 0) is 0 Å². The normalized spacial score (nSPS) is 12.5. The fraction of sp³-hybridized carbons (Fsp3) is 0.538. The van der Waals surface area contributed by atoms with Crippen LogP contribution in [0.4, 0.5) is 0 Å². The molecule has 0 bridgehead atoms. The number of hydrogen-bond donors (Lipinski definition) is 1. The molecule has 1 N–H and O–H groups in total. The molecule has 90 valence electrons. The molecule has 1 aromatic rings. The number of benzene rings is 1. The zero-order chi connectivity index (χ0) is 12.0. The van der Waals surface area contributed by atoms with Crippen LogP contribution in [0.1, 0.15) is 38.3 Å². The number of halogens is 1. The Balaban J connectivity index is 2.90. The van der Waals surface area contributed by atoms with Crippen LogP contribution in [0, 0.1) is 0 Å². The molecule has 1 unspecified atom stereocenters. The molecule has 0 amide bonds. The Bertz CT molecular complexity index is 328. The summed E-state index contributed by atoms with van der Waals surface area (Å²) in [6.45, 7) is 5.41. The molecule has 0 radical (unpaired) electrons. The molecule has 1 rings (SSSR count). The topological polar surface area (TPSA) is 21.3 Å². The quantitative estimate of drug-likeness (QED) is 0.856. The monoisotopic (exact) mass is 285 g/mol. The van der Waals surface area contributed by atoms with Crippen LogP contribution in [0.3, 0.4) is 0 Å². The van der Waals surface area contributed by atoms with Crippen LogP contribution >= 0.6 is 15.9 Å². The van der Waals surface area contributed by atoms with Gasteiger partial charge in [0.15, 0.2) is 0 Å². The average molecular weight is 286 g/mol. The average Bonchev–Trinajstić information content (AvgIpc) is 2.31. The van der Waals surface area contributed by atoms with Crippen molar-refractivity contribution >= 4 is 15.9 Å². The molecule has 0 saturated carbocycles. The van der Waals surface area contributed by atoms with E-state index in [1.54, 1.807) is 7.11 Å². The van der Waals surface area contributed by atoms with E-state index in [1.165, 1.54) is 5.56 Å². The highest BCUT2D eigenvalue weighted by atomic mass is 79.9. The lowest BCUT2D eigenvalue weighted by Gasteiger charge is -2.19. The van der Waals surface area contributed by atoms with Crippen molar-refractivity contribution in [3.05, 3.63) is 28.2 Å². The van der Waals surface area contributed by atoms with Gasteiger partial charge in [0.1, 0.15) is 5.75 Å². The lowest BCUT2D eigenvalue weighted by molar-refractivity contribution is 0.396. The molecule has 0 saturated heterocycles. The summed E-state index contributed by atoms with van der Waals surface area (Å²) in [5, 5.41) is 3.53. The summed E-state index contributed by atoms with van der Waals surface area (Å²) < 4.78 is 6.47. The summed E-state index contributed by atoms with van der Waals surface area (Å²) in [7, 11) is 1.72. The number of nitrogens with one attached hydrogen (secondary N) is 1. The van der Waals surface area contributed by atoms with Gasteiger partial charge in [0, 0.05) is 16.1 Å². The molecule has 0 aliphatic carbocycles. The molecular weight excluding hydrogens is 266 g/mol. The first kappa shape index (κ1) is 13.5. The van der Waals surface area contributed by atoms with E-state index in [9.17, 15) is 0 Å². The summed E-state index contributed by atoms with van der Waals surface area (Å²) >= 11 is 3.46. The van der Waals surface area contributed by atoms with Crippen LogP contribution in [0.25, 0.3) is 0 Å². The van der Waals surface area contributed by atoms with Crippen molar-refractivity contribution < 1.29 is 4.74 Å². The van der Waals surface area contributed by atoms with Gasteiger partial charge < -0.3 is 10.1 Å². The van der Waals surface area contributed by atoms with Gasteiger partial charge in [-0.3, -0.25) is 0 Å². The maximum atomic E-state index is 5.42. The van der Waals surface area contributed by atoms with E-state index in [-0.39, 0.29) is 0 Å². The predicted octanol–water partition coefficient (Wildman–Crippen LogP) is 3.91. The number of methoxy groups -OCH3 is 1. The van der Waals surface area contributed by atoms with Crippen LogP contribution in [0.15, 0.2) is 22.7 Å². The Morgan fingerprint density at radius 2 is 2.12 bits per heavy atom. The standard InChI is InChI=1S/C13H20BrNO/c1-4-8-15-12(5-2)11-7-6-10(14)9-13(11)16-3/h6-7,9,12,15H,4-5,8H2,1-3H3. The van der Waals surface area contributed by atoms with Crippen LogP contribution in [0.5, 0.6) is 5.75 Å². The predicted molar refractivity (Wildman–Crippen MR) is 72.0 cm³/mol. The molecule has 1 atom stereocenters. The summed E-state index contributed by atoms with van der Waals surface area (Å²) in [5.74, 6) is 0.949. The zero-order valence-corrected chi connectivity index (χ0v) is 11.8. The molecule has 0 fully saturated rings. The summed E-state index contributed by atoms with van der Waals surface area (Å²) in [6.07, 6.45) is 2.22. The van der Waals surface area contributed by atoms with Crippen LogP contribution < -0.4 is 10.1 Å². The molecule has 3 heteroatoms. The summed E-state index contributed by atoms with van der Waals surface area (Å²) in [6, 6.07) is 6.59. The lowest BCUT2D eigenvalue weighted by atomic mass is 10.0. The van der Waals surface area contributed by atoms with Gasteiger partial charge in [0.2, 0.25) is 0 Å². The van der Waals surface area contributed by atoms with E-state index in [1.807, 2.05) is 6.07 Å². The Morgan fingerprint density at radius 1 is 1.38 bits per heavy atom. The smallest absolute Gasteiger partial charge is 0.124 e. The largest absolute Gasteiger partial charge is 0.496 e. The van der Waals surface area contributed by atoms with Crippen molar-refractivity contribution in [2.45, 2.75) is 32.7 Å². The minimum Gasteiger partial charge on any atom is -0.496 e. The second-order valence-electron chi connectivity index (χ2n) is 3.80. The molecule has 0 spiro atoms. The number of ether oxygens (including phenoxy) is 1. The molecular formula is C13H20BrNO. The van der Waals surface area contributed by atoms with Gasteiger partial charge in [-0.05, 0) is 31.5 Å². The van der Waals surface area contributed by atoms with Gasteiger partial charge >= 0.3 is 0 Å². The van der Waals surface area contributed by atoms with E-state index in [2.05, 4.69) is 47.2 Å². The van der Waals surface area contributed by atoms with E-state index in [4.69, 9.17) is 4.74 Å². The second-order valence-corrected chi connectivity index (χ2v) is 4.72. The molecule has 1 aromatic carbocycles. The van der Waals surface area contributed by atoms with E-state index >= 15 is 0 Å². The minimum atomic E-state index is 0.378. The fourth-order valence-electron chi connectivity index (χ4n) is 1.77. The summed E-state index contributed by atoms with van der Waals surface area (Å²) in [5.41, 5.74) is 1.24. The Morgan fingerprint density at radius 3 is 2.69 bits per heavy atom. The van der Waals surface area contributed by atoms with Crippen LogP contribution in [-0.4, -0.2) is 13.7 Å². The van der Waals surface area contributed by atoms with Gasteiger partial charge in [-0.2, -0.15) is 0 Å². The highest BCUT2D eigenvalue weighted by Crippen LogP contribution is 2.30.